The average Bonchev–Trinajstić information content (AvgIpc) is 2.81. The van der Waals surface area contributed by atoms with Crippen LogP contribution in [0.1, 0.15) is 12.0 Å². The first-order valence-electron chi connectivity index (χ1n) is 10.3. The molecule has 0 N–H and O–H groups in total. The summed E-state index contributed by atoms with van der Waals surface area (Å²) in [7, 11) is 6.97. The number of thioether (sulfide) groups is 1. The molecule has 0 unspecified atom stereocenters. The van der Waals surface area contributed by atoms with Crippen molar-refractivity contribution >= 4 is 17.8 Å². The van der Waals surface area contributed by atoms with Gasteiger partial charge in [-0.05, 0) is 42.3 Å². The molecule has 1 aliphatic rings. The highest BCUT2D eigenvalue weighted by Crippen LogP contribution is 2.38. The minimum absolute atomic E-state index is 0.605. The number of benzene rings is 1. The van der Waals surface area contributed by atoms with E-state index in [2.05, 4.69) is 71.3 Å². The fourth-order valence-electron chi connectivity index (χ4n) is 3.42. The van der Waals surface area contributed by atoms with Crippen LogP contribution < -0.4 is 18.8 Å². The molecule has 0 saturated heterocycles. The number of aryl methyl sites for hydroxylation is 1. The highest BCUT2D eigenvalue weighted by atomic mass is 32.2. The predicted molar refractivity (Wildman–Crippen MR) is 127 cm³/mol. The van der Waals surface area contributed by atoms with Gasteiger partial charge in [-0.2, -0.15) is 4.57 Å². The van der Waals surface area contributed by atoms with Gasteiger partial charge >= 0.3 is 0 Å². The highest BCUT2D eigenvalue weighted by Gasteiger charge is 2.13. The maximum absolute atomic E-state index is 5.46. The number of pyridine rings is 1. The van der Waals surface area contributed by atoms with Gasteiger partial charge in [-0.15, -0.1) is 0 Å². The number of allylic oxidation sites excluding steroid dienone is 3. The van der Waals surface area contributed by atoms with Gasteiger partial charge in [-0.1, -0.05) is 30.0 Å². The molecule has 0 spiro atoms. The Bertz CT molecular complexity index is 944. The molecule has 0 saturated carbocycles. The van der Waals surface area contributed by atoms with E-state index in [-0.39, 0.29) is 0 Å². The van der Waals surface area contributed by atoms with Crippen molar-refractivity contribution in [3.05, 3.63) is 72.1 Å². The summed E-state index contributed by atoms with van der Waals surface area (Å²) >= 11 is 1.90. The zero-order valence-electron chi connectivity index (χ0n) is 18.7. The molecule has 2 aromatic rings. The van der Waals surface area contributed by atoms with Gasteiger partial charge in [0.1, 0.15) is 7.05 Å². The molecule has 164 valence electrons. The number of hydrogen-bond acceptors (Lipinski definition) is 5. The van der Waals surface area contributed by atoms with Crippen molar-refractivity contribution in [2.24, 2.45) is 7.05 Å². The average molecular weight is 440 g/mol. The molecule has 31 heavy (non-hydrogen) atoms. The minimum atomic E-state index is 0.605. The van der Waals surface area contributed by atoms with Gasteiger partial charge in [0.15, 0.2) is 17.7 Å². The topological polar surface area (TPSA) is 34.8 Å². The van der Waals surface area contributed by atoms with E-state index in [9.17, 15) is 0 Å². The number of aromatic nitrogens is 1. The van der Waals surface area contributed by atoms with Crippen LogP contribution in [0.5, 0.6) is 17.2 Å². The van der Waals surface area contributed by atoms with Crippen LogP contribution in [0.3, 0.4) is 0 Å². The molecular weight excluding hydrogens is 408 g/mol. The summed E-state index contributed by atoms with van der Waals surface area (Å²) in [6.07, 6.45) is 13.9. The Morgan fingerprint density at radius 2 is 1.84 bits per heavy atom. The summed E-state index contributed by atoms with van der Waals surface area (Å²) in [5.41, 5.74) is 2.20. The van der Waals surface area contributed by atoms with E-state index in [1.54, 1.807) is 21.3 Å². The first kappa shape index (κ1) is 22.8. The van der Waals surface area contributed by atoms with E-state index < -0.39 is 0 Å². The molecule has 2 heterocycles. The van der Waals surface area contributed by atoms with E-state index >= 15 is 0 Å². The van der Waals surface area contributed by atoms with Crippen LogP contribution in [-0.2, 0) is 7.05 Å². The number of nitrogens with zero attached hydrogens (tertiary/aromatic N) is 2. The SMILES string of the molecule is COc1cc(/C=C/C2=CC=CCN2CCCSc2cccc[n+]2C)cc(OC)c1OC. The molecule has 0 radical (unpaired) electrons. The van der Waals surface area contributed by atoms with E-state index in [1.807, 2.05) is 23.9 Å². The summed E-state index contributed by atoms with van der Waals surface area (Å²) < 4.78 is 18.5. The molecule has 0 atom stereocenters. The van der Waals surface area contributed by atoms with Crippen LogP contribution in [0.15, 0.2) is 71.6 Å². The van der Waals surface area contributed by atoms with Crippen LogP contribution in [0.2, 0.25) is 0 Å². The molecule has 0 amide bonds. The van der Waals surface area contributed by atoms with Gasteiger partial charge in [0.2, 0.25) is 10.8 Å². The van der Waals surface area contributed by atoms with Crippen molar-refractivity contribution in [2.45, 2.75) is 11.4 Å². The van der Waals surface area contributed by atoms with E-state index in [4.69, 9.17) is 14.2 Å². The molecule has 1 aliphatic heterocycles. The number of ether oxygens (including phenoxy) is 3. The Labute approximate surface area is 189 Å². The van der Waals surface area contributed by atoms with E-state index in [0.29, 0.717) is 17.2 Å². The smallest absolute Gasteiger partial charge is 0.239 e. The third-order valence-corrected chi connectivity index (χ3v) is 6.27. The first-order valence-corrected chi connectivity index (χ1v) is 11.3. The standard InChI is InChI=1S/C25H31N2O3S/c1-26-14-7-6-11-24(26)31-17-9-16-27-15-8-5-10-21(27)13-12-20-18-22(28-2)25(30-4)23(19-20)29-3/h5-8,10-14,18-19H,9,15-17H2,1-4H3/q+1/b13-12+. The summed E-state index contributed by atoms with van der Waals surface area (Å²) in [6, 6.07) is 10.2. The normalized spacial score (nSPS) is 13.4. The van der Waals surface area contributed by atoms with E-state index in [1.165, 1.54) is 10.7 Å². The predicted octanol–water partition coefficient (Wildman–Crippen LogP) is 4.49. The molecule has 0 bridgehead atoms. The second-order valence-corrected chi connectivity index (χ2v) is 8.22. The monoisotopic (exact) mass is 439 g/mol. The third kappa shape index (κ3) is 6.07. The van der Waals surface area contributed by atoms with E-state index in [0.717, 1.165) is 30.8 Å². The quantitative estimate of drug-likeness (QED) is 0.310. The maximum atomic E-state index is 5.46. The Morgan fingerprint density at radius 1 is 1.06 bits per heavy atom. The van der Waals surface area contributed by atoms with Crippen molar-refractivity contribution in [3.63, 3.8) is 0 Å². The zero-order valence-corrected chi connectivity index (χ0v) is 19.5. The molecule has 0 fully saturated rings. The van der Waals surface area contributed by atoms with Crippen LogP contribution in [-0.4, -0.2) is 45.1 Å². The fraction of sp³-hybridized carbons (Fsp3) is 0.320. The molecule has 5 nitrogen and oxygen atoms in total. The molecule has 3 rings (SSSR count). The Hall–Kier alpha value is -2.86. The maximum Gasteiger partial charge on any atom is 0.239 e. The first-order chi connectivity index (χ1) is 15.2. The molecule has 6 heteroatoms. The van der Waals surface area contributed by atoms with Crippen LogP contribution >= 0.6 is 11.8 Å². The largest absolute Gasteiger partial charge is 0.493 e. The number of methoxy groups -OCH3 is 3. The molecule has 1 aromatic carbocycles. The summed E-state index contributed by atoms with van der Waals surface area (Å²) in [6.45, 7) is 1.94. The lowest BCUT2D eigenvalue weighted by Gasteiger charge is -2.26. The summed E-state index contributed by atoms with van der Waals surface area (Å²) in [4.78, 5) is 2.40. The van der Waals surface area contributed by atoms with Gasteiger partial charge in [0, 0.05) is 36.7 Å². The van der Waals surface area contributed by atoms with Crippen molar-refractivity contribution in [3.8, 4) is 17.2 Å². The number of hydrogen-bond donors (Lipinski definition) is 0. The summed E-state index contributed by atoms with van der Waals surface area (Å²) in [5.74, 6) is 3.00. The lowest BCUT2D eigenvalue weighted by Crippen LogP contribution is -2.30. The van der Waals surface area contributed by atoms with Crippen molar-refractivity contribution in [2.75, 3.05) is 40.2 Å². The summed E-state index contributed by atoms with van der Waals surface area (Å²) in [5, 5.41) is 1.29. The second-order valence-electron chi connectivity index (χ2n) is 7.11. The van der Waals surface area contributed by atoms with Crippen LogP contribution in [0.4, 0.5) is 0 Å². The van der Waals surface area contributed by atoms with Gasteiger partial charge in [-0.3, -0.25) is 0 Å². The van der Waals surface area contributed by atoms with Gasteiger partial charge in [-0.25, -0.2) is 0 Å². The minimum Gasteiger partial charge on any atom is -0.493 e. The molecule has 0 aliphatic carbocycles. The fourth-order valence-corrected chi connectivity index (χ4v) is 4.34. The van der Waals surface area contributed by atoms with Crippen molar-refractivity contribution in [1.29, 1.82) is 0 Å². The Kier molecular flexibility index (Phi) is 8.47. The Morgan fingerprint density at radius 3 is 2.52 bits per heavy atom. The zero-order chi connectivity index (χ0) is 22.1. The molecular formula is C25H31N2O3S+. The lowest BCUT2D eigenvalue weighted by molar-refractivity contribution is -0.708. The van der Waals surface area contributed by atoms with Crippen molar-refractivity contribution < 1.29 is 18.8 Å². The van der Waals surface area contributed by atoms with Crippen LogP contribution in [0, 0.1) is 0 Å². The van der Waals surface area contributed by atoms with Gasteiger partial charge < -0.3 is 19.1 Å². The lowest BCUT2D eigenvalue weighted by atomic mass is 10.1. The third-order valence-electron chi connectivity index (χ3n) is 5.06. The highest BCUT2D eigenvalue weighted by molar-refractivity contribution is 7.99. The van der Waals surface area contributed by atoms with Crippen molar-refractivity contribution in [1.82, 2.24) is 4.90 Å². The second kappa shape index (κ2) is 11.5. The Balaban J connectivity index is 1.63. The van der Waals surface area contributed by atoms with Gasteiger partial charge in [0.25, 0.3) is 0 Å². The van der Waals surface area contributed by atoms with Gasteiger partial charge in [0.05, 0.1) is 21.3 Å². The molecule has 1 aromatic heterocycles. The number of rotatable bonds is 10. The van der Waals surface area contributed by atoms with Crippen LogP contribution in [0.25, 0.3) is 6.08 Å².